The third-order valence-corrected chi connectivity index (χ3v) is 3.81. The van der Waals surface area contributed by atoms with Crippen molar-refractivity contribution in [2.75, 3.05) is 0 Å². The minimum Gasteiger partial charge on any atom is -0.298 e. The van der Waals surface area contributed by atoms with Gasteiger partial charge in [-0.15, -0.1) is 0 Å². The van der Waals surface area contributed by atoms with E-state index in [1.54, 1.807) is 18.2 Å². The van der Waals surface area contributed by atoms with Gasteiger partial charge in [0.2, 0.25) is 0 Å². The largest absolute Gasteiger partial charge is 0.298 e. The van der Waals surface area contributed by atoms with E-state index in [2.05, 4.69) is 37.0 Å². The molecule has 0 unspecified atom stereocenters. The van der Waals surface area contributed by atoms with Crippen LogP contribution in [0.15, 0.2) is 27.4 Å². The molecule has 0 radical (unpaired) electrons. The lowest BCUT2D eigenvalue weighted by atomic mass is 10.3. The lowest BCUT2D eigenvalue weighted by Crippen LogP contribution is -1.97. The van der Waals surface area contributed by atoms with Crippen LogP contribution in [0.25, 0.3) is 5.69 Å². The number of rotatable bonds is 2. The number of carbonyl (C=O) groups excluding carboxylic acids is 1. The van der Waals surface area contributed by atoms with Crippen LogP contribution < -0.4 is 0 Å². The summed E-state index contributed by atoms with van der Waals surface area (Å²) in [4.78, 5) is 10.9. The molecule has 0 spiro atoms. The van der Waals surface area contributed by atoms with Gasteiger partial charge in [-0.3, -0.25) is 4.79 Å². The summed E-state index contributed by atoms with van der Waals surface area (Å²) in [5.74, 6) is 0. The molecule has 17 heavy (non-hydrogen) atoms. The summed E-state index contributed by atoms with van der Waals surface area (Å²) in [5, 5.41) is 5.17. The van der Waals surface area contributed by atoms with Crippen molar-refractivity contribution >= 4 is 61.3 Å². The quantitative estimate of drug-likeness (QED) is 0.697. The fourth-order valence-corrected chi connectivity index (χ4v) is 3.10. The number of hydrogen-bond acceptors (Lipinski definition) is 2. The molecule has 0 saturated carbocycles. The zero-order chi connectivity index (χ0) is 12.6. The van der Waals surface area contributed by atoms with Gasteiger partial charge in [0, 0.05) is 10.0 Å². The van der Waals surface area contributed by atoms with E-state index in [1.807, 2.05) is 0 Å². The van der Waals surface area contributed by atoms with Crippen molar-refractivity contribution in [2.24, 2.45) is 0 Å². The fraction of sp³-hybridized carbons (Fsp3) is 0. The number of halogens is 4. The van der Waals surface area contributed by atoms with Crippen molar-refractivity contribution in [3.05, 3.63) is 43.0 Å². The third-order valence-electron chi connectivity index (χ3n) is 2.03. The molecule has 0 bridgehead atoms. The van der Waals surface area contributed by atoms with Crippen molar-refractivity contribution in [1.82, 2.24) is 9.78 Å². The number of carbonyl (C=O) groups is 1. The summed E-state index contributed by atoms with van der Waals surface area (Å²) in [7, 11) is 0. The second-order valence-corrected chi connectivity index (χ2v) is 5.53. The van der Waals surface area contributed by atoms with Crippen LogP contribution in [-0.2, 0) is 0 Å². The Bertz CT molecular complexity index is 578. The Balaban J connectivity index is 2.64. The molecule has 1 aromatic carbocycles. The predicted molar refractivity (Wildman–Crippen MR) is 74.4 cm³/mol. The van der Waals surface area contributed by atoms with Crippen molar-refractivity contribution < 1.29 is 4.79 Å². The summed E-state index contributed by atoms with van der Waals surface area (Å²) in [5.41, 5.74) is 1.10. The van der Waals surface area contributed by atoms with Gasteiger partial charge in [-0.25, -0.2) is 4.68 Å². The van der Waals surface area contributed by atoms with Gasteiger partial charge in [0.25, 0.3) is 0 Å². The van der Waals surface area contributed by atoms with Crippen LogP contribution in [0.4, 0.5) is 0 Å². The van der Waals surface area contributed by atoms with Crippen LogP contribution in [0.5, 0.6) is 0 Å². The molecule has 0 saturated heterocycles. The summed E-state index contributed by atoms with van der Waals surface area (Å²) in [6.07, 6.45) is 0.712. The van der Waals surface area contributed by atoms with Gasteiger partial charge in [-0.1, -0.05) is 23.2 Å². The monoisotopic (exact) mass is 396 g/mol. The first kappa shape index (κ1) is 13.1. The Labute approximate surface area is 124 Å². The zero-order valence-electron chi connectivity index (χ0n) is 8.12. The van der Waals surface area contributed by atoms with Gasteiger partial charge in [0.1, 0.15) is 9.21 Å². The lowest BCUT2D eigenvalue weighted by molar-refractivity contribution is 0.112. The second kappa shape index (κ2) is 5.10. The van der Waals surface area contributed by atoms with Gasteiger partial charge in [-0.2, -0.15) is 5.10 Å². The highest BCUT2D eigenvalue weighted by Crippen LogP contribution is 2.29. The Morgan fingerprint density at radius 1 is 1.18 bits per heavy atom. The first-order chi connectivity index (χ1) is 8.02. The molecule has 0 N–H and O–H groups in total. The Morgan fingerprint density at radius 3 is 2.24 bits per heavy atom. The molecule has 0 aliphatic heterocycles. The molecule has 7 heteroatoms. The molecule has 3 nitrogen and oxygen atoms in total. The van der Waals surface area contributed by atoms with Crippen molar-refractivity contribution in [3.8, 4) is 5.69 Å². The molecule has 0 atom stereocenters. The first-order valence-electron chi connectivity index (χ1n) is 4.38. The topological polar surface area (TPSA) is 34.9 Å². The van der Waals surface area contributed by atoms with E-state index in [1.165, 1.54) is 4.68 Å². The number of aldehydes is 1. The average Bonchev–Trinajstić information content (AvgIpc) is 2.52. The maximum absolute atomic E-state index is 10.9. The normalized spacial score (nSPS) is 10.6. The van der Waals surface area contributed by atoms with Crippen molar-refractivity contribution in [2.45, 2.75) is 0 Å². The SMILES string of the molecule is O=Cc1c(Br)nn(-c2cc(Cl)cc(Cl)c2)c1Br. The minimum atomic E-state index is 0.432. The van der Waals surface area contributed by atoms with Crippen LogP contribution in [-0.4, -0.2) is 16.1 Å². The predicted octanol–water partition coefficient (Wildman–Crippen LogP) is 4.52. The molecule has 2 rings (SSSR count). The Morgan fingerprint density at radius 2 is 1.76 bits per heavy atom. The maximum Gasteiger partial charge on any atom is 0.155 e. The molecule has 1 heterocycles. The van der Waals surface area contributed by atoms with E-state index in [0.717, 1.165) is 0 Å². The first-order valence-corrected chi connectivity index (χ1v) is 6.73. The molecule has 2 aromatic rings. The number of aromatic nitrogens is 2. The van der Waals surface area contributed by atoms with Gasteiger partial charge >= 0.3 is 0 Å². The Kier molecular flexibility index (Phi) is 3.92. The summed E-state index contributed by atoms with van der Waals surface area (Å²) in [6, 6.07) is 5.03. The minimum absolute atomic E-state index is 0.432. The third kappa shape index (κ3) is 2.57. The van der Waals surface area contributed by atoms with Crippen LogP contribution in [0.1, 0.15) is 10.4 Å². The van der Waals surface area contributed by atoms with E-state index in [-0.39, 0.29) is 0 Å². The van der Waals surface area contributed by atoms with Crippen LogP contribution in [0.3, 0.4) is 0 Å². The molecular weight excluding hydrogens is 395 g/mol. The standard InChI is InChI=1S/C10H4Br2Cl2N2O/c11-9-8(4-17)10(12)16(15-9)7-2-5(13)1-6(14)3-7/h1-4H. The molecule has 88 valence electrons. The zero-order valence-corrected chi connectivity index (χ0v) is 12.8. The molecule has 0 fully saturated rings. The second-order valence-electron chi connectivity index (χ2n) is 3.15. The van der Waals surface area contributed by atoms with Crippen LogP contribution in [0.2, 0.25) is 10.0 Å². The highest BCUT2D eigenvalue weighted by atomic mass is 79.9. The lowest BCUT2D eigenvalue weighted by Gasteiger charge is -2.04. The van der Waals surface area contributed by atoms with Crippen LogP contribution in [0, 0.1) is 0 Å². The van der Waals surface area contributed by atoms with Crippen molar-refractivity contribution in [1.29, 1.82) is 0 Å². The van der Waals surface area contributed by atoms with Gasteiger partial charge in [-0.05, 0) is 50.1 Å². The van der Waals surface area contributed by atoms with E-state index >= 15 is 0 Å². The molecule has 0 aliphatic carbocycles. The fourth-order valence-electron chi connectivity index (χ4n) is 1.31. The number of nitrogens with zero attached hydrogens (tertiary/aromatic N) is 2. The Hall–Kier alpha value is -0.360. The van der Waals surface area contributed by atoms with E-state index < -0.39 is 0 Å². The van der Waals surface area contributed by atoms with Crippen molar-refractivity contribution in [3.63, 3.8) is 0 Å². The van der Waals surface area contributed by atoms with E-state index in [4.69, 9.17) is 23.2 Å². The van der Waals surface area contributed by atoms with Gasteiger partial charge in [0.05, 0.1) is 11.3 Å². The average molecular weight is 399 g/mol. The molecular formula is C10H4Br2Cl2N2O. The number of benzene rings is 1. The maximum atomic E-state index is 10.9. The summed E-state index contributed by atoms with van der Waals surface area (Å²) in [6.45, 7) is 0. The molecule has 1 aromatic heterocycles. The van der Waals surface area contributed by atoms with Gasteiger partial charge in [0.15, 0.2) is 6.29 Å². The summed E-state index contributed by atoms with van der Waals surface area (Å²) >= 11 is 18.3. The van der Waals surface area contributed by atoms with Gasteiger partial charge < -0.3 is 0 Å². The molecule has 0 aliphatic rings. The molecule has 0 amide bonds. The smallest absolute Gasteiger partial charge is 0.155 e. The highest BCUT2D eigenvalue weighted by Gasteiger charge is 2.15. The number of hydrogen-bond donors (Lipinski definition) is 0. The van der Waals surface area contributed by atoms with Crippen LogP contribution >= 0.6 is 55.1 Å². The van der Waals surface area contributed by atoms with E-state index in [0.29, 0.717) is 36.8 Å². The highest BCUT2D eigenvalue weighted by molar-refractivity contribution is 9.11. The summed E-state index contributed by atoms with van der Waals surface area (Å²) < 4.78 is 2.53. The van der Waals surface area contributed by atoms with E-state index in [9.17, 15) is 4.79 Å².